The molecule has 3 nitrogen and oxygen atoms in total. The summed E-state index contributed by atoms with van der Waals surface area (Å²) in [6.45, 7) is 9.02. The minimum Gasteiger partial charge on any atom is -0.393 e. The van der Waals surface area contributed by atoms with Gasteiger partial charge >= 0.3 is 0 Å². The van der Waals surface area contributed by atoms with Crippen LogP contribution in [0, 0.1) is 28.6 Å². The summed E-state index contributed by atoms with van der Waals surface area (Å²) in [7, 11) is 0. The first-order chi connectivity index (χ1) is 11.8. The van der Waals surface area contributed by atoms with E-state index in [4.69, 9.17) is 0 Å². The predicted octanol–water partition coefficient (Wildman–Crippen LogP) is 5.15. The van der Waals surface area contributed by atoms with Gasteiger partial charge < -0.3 is 5.11 Å². The lowest BCUT2D eigenvalue weighted by Crippen LogP contribution is -2.50. The maximum atomic E-state index is 10.1. The van der Waals surface area contributed by atoms with Crippen LogP contribution in [0.2, 0.25) is 0 Å². The van der Waals surface area contributed by atoms with Crippen LogP contribution in [0.4, 0.5) is 0 Å². The number of allylic oxidation sites excluding steroid dienone is 1. The van der Waals surface area contributed by atoms with E-state index in [0.717, 1.165) is 42.7 Å². The Kier molecular flexibility index (Phi) is 4.22. The maximum Gasteiger partial charge on any atom is 0.0577 e. The summed E-state index contributed by atoms with van der Waals surface area (Å²) in [6.07, 6.45) is 11.7. The number of nitrogens with zero attached hydrogens (tertiary/aromatic N) is 2. The van der Waals surface area contributed by atoms with Crippen LogP contribution in [0.5, 0.6) is 0 Å². The highest BCUT2D eigenvalue weighted by atomic mass is 16.3. The SMILES string of the molecule is CC(C)=N/N=C1\CCC2C3CC=C4C[C@@H](O)CCC4(C)C3CCC12C. The van der Waals surface area contributed by atoms with Crippen LogP contribution in [0.3, 0.4) is 0 Å². The molecule has 25 heavy (non-hydrogen) atoms. The van der Waals surface area contributed by atoms with Gasteiger partial charge in [-0.2, -0.15) is 10.2 Å². The molecule has 0 aliphatic heterocycles. The third kappa shape index (κ3) is 2.65. The molecule has 3 heteroatoms. The molecule has 4 aliphatic rings. The van der Waals surface area contributed by atoms with E-state index in [1.807, 2.05) is 13.8 Å². The molecule has 0 amide bonds. The number of rotatable bonds is 1. The summed E-state index contributed by atoms with van der Waals surface area (Å²) in [5.74, 6) is 2.36. The number of hydrogen-bond donors (Lipinski definition) is 1. The molecule has 6 atom stereocenters. The molecule has 3 saturated carbocycles. The third-order valence-electron chi connectivity index (χ3n) is 8.19. The van der Waals surface area contributed by atoms with Gasteiger partial charge in [0, 0.05) is 16.8 Å². The number of aliphatic hydroxyl groups excluding tert-OH is 1. The molecule has 0 aromatic carbocycles. The Balaban J connectivity index is 1.64. The number of aliphatic hydroxyl groups is 1. The lowest BCUT2D eigenvalue weighted by Gasteiger charge is -2.57. The predicted molar refractivity (Wildman–Crippen MR) is 104 cm³/mol. The average Bonchev–Trinajstić information content (AvgIpc) is 2.90. The fourth-order valence-electron chi connectivity index (χ4n) is 6.76. The Morgan fingerprint density at radius 1 is 1.08 bits per heavy atom. The zero-order valence-electron chi connectivity index (χ0n) is 16.4. The van der Waals surface area contributed by atoms with E-state index >= 15 is 0 Å². The Hall–Kier alpha value is -0.960. The van der Waals surface area contributed by atoms with Gasteiger partial charge in [0.1, 0.15) is 0 Å². The Morgan fingerprint density at radius 2 is 1.80 bits per heavy atom. The zero-order valence-corrected chi connectivity index (χ0v) is 16.4. The van der Waals surface area contributed by atoms with Crippen molar-refractivity contribution in [3.8, 4) is 0 Å². The van der Waals surface area contributed by atoms with Gasteiger partial charge in [0.05, 0.1) is 6.10 Å². The highest BCUT2D eigenvalue weighted by molar-refractivity contribution is 5.93. The fourth-order valence-corrected chi connectivity index (χ4v) is 6.76. The Labute approximate surface area is 152 Å². The van der Waals surface area contributed by atoms with Gasteiger partial charge in [0.2, 0.25) is 0 Å². The smallest absolute Gasteiger partial charge is 0.0577 e. The highest BCUT2D eigenvalue weighted by Gasteiger charge is 2.57. The van der Waals surface area contributed by atoms with Gasteiger partial charge in [-0.3, -0.25) is 0 Å². The number of fused-ring (bicyclic) bond motifs is 5. The molecule has 4 aliphatic carbocycles. The summed E-state index contributed by atoms with van der Waals surface area (Å²) in [4.78, 5) is 0. The van der Waals surface area contributed by atoms with Crippen LogP contribution in [0.15, 0.2) is 21.9 Å². The van der Waals surface area contributed by atoms with E-state index in [-0.39, 0.29) is 11.5 Å². The van der Waals surface area contributed by atoms with Gasteiger partial charge in [0.15, 0.2) is 0 Å². The molecule has 0 spiro atoms. The van der Waals surface area contributed by atoms with Gasteiger partial charge in [-0.25, -0.2) is 0 Å². The van der Waals surface area contributed by atoms with Crippen molar-refractivity contribution in [3.63, 3.8) is 0 Å². The molecule has 138 valence electrons. The molecule has 0 saturated heterocycles. The van der Waals surface area contributed by atoms with Crippen LogP contribution in [0.1, 0.15) is 79.1 Å². The van der Waals surface area contributed by atoms with E-state index in [2.05, 4.69) is 30.1 Å². The van der Waals surface area contributed by atoms with Gasteiger partial charge in [-0.15, -0.1) is 0 Å². The van der Waals surface area contributed by atoms with Crippen molar-refractivity contribution >= 4 is 11.4 Å². The summed E-state index contributed by atoms with van der Waals surface area (Å²) >= 11 is 0. The molecular formula is C22H34N2O. The molecule has 1 N–H and O–H groups in total. The highest BCUT2D eigenvalue weighted by Crippen LogP contribution is 2.64. The van der Waals surface area contributed by atoms with E-state index in [1.165, 1.54) is 37.8 Å². The van der Waals surface area contributed by atoms with Crippen LogP contribution in [-0.4, -0.2) is 22.6 Å². The first kappa shape index (κ1) is 17.5. The Bertz CT molecular complexity index is 644. The molecule has 5 unspecified atom stereocenters. The third-order valence-corrected chi connectivity index (χ3v) is 8.19. The summed E-state index contributed by atoms with van der Waals surface area (Å²) in [6, 6.07) is 0. The van der Waals surface area contributed by atoms with Crippen molar-refractivity contribution in [2.45, 2.75) is 85.2 Å². The quantitative estimate of drug-likeness (QED) is 0.400. The Morgan fingerprint density at radius 3 is 2.56 bits per heavy atom. The van der Waals surface area contributed by atoms with Crippen LogP contribution in [0.25, 0.3) is 0 Å². The first-order valence-corrected chi connectivity index (χ1v) is 10.3. The summed E-state index contributed by atoms with van der Waals surface area (Å²) in [5, 5.41) is 19.2. The molecule has 0 aromatic rings. The van der Waals surface area contributed by atoms with Gasteiger partial charge in [0.25, 0.3) is 0 Å². The molecule has 3 fully saturated rings. The van der Waals surface area contributed by atoms with Crippen LogP contribution in [-0.2, 0) is 0 Å². The molecule has 0 bridgehead atoms. The monoisotopic (exact) mass is 342 g/mol. The van der Waals surface area contributed by atoms with Crippen molar-refractivity contribution in [1.29, 1.82) is 0 Å². The largest absolute Gasteiger partial charge is 0.393 e. The van der Waals surface area contributed by atoms with Crippen molar-refractivity contribution in [2.24, 2.45) is 38.8 Å². The van der Waals surface area contributed by atoms with Gasteiger partial charge in [-0.05, 0) is 88.4 Å². The van der Waals surface area contributed by atoms with Crippen molar-refractivity contribution in [1.82, 2.24) is 0 Å². The van der Waals surface area contributed by atoms with Crippen LogP contribution >= 0.6 is 0 Å². The molecule has 0 heterocycles. The summed E-state index contributed by atoms with van der Waals surface area (Å²) < 4.78 is 0. The fraction of sp³-hybridized carbons (Fsp3) is 0.818. The van der Waals surface area contributed by atoms with E-state index in [9.17, 15) is 5.11 Å². The maximum absolute atomic E-state index is 10.1. The lowest BCUT2D eigenvalue weighted by molar-refractivity contribution is -0.0209. The average molecular weight is 343 g/mol. The van der Waals surface area contributed by atoms with E-state index in [0.29, 0.717) is 5.41 Å². The molecular weight excluding hydrogens is 308 g/mol. The summed E-state index contributed by atoms with van der Waals surface area (Å²) in [5.41, 5.74) is 4.56. The standard InChI is InChI=1S/C22H34N2O/c1-14(2)23-24-20-8-7-18-17-6-5-15-13-16(25)9-11-21(15,3)19(17)10-12-22(18,20)4/h5,16-19,25H,6-13H2,1-4H3/b24-20+/t16-,17?,18?,19?,21?,22?/m0/s1. The molecule has 0 aromatic heterocycles. The van der Waals surface area contributed by atoms with E-state index in [1.54, 1.807) is 5.57 Å². The van der Waals surface area contributed by atoms with Gasteiger partial charge in [-0.1, -0.05) is 25.5 Å². The first-order valence-electron chi connectivity index (χ1n) is 10.3. The normalized spacial score (nSPS) is 47.6. The van der Waals surface area contributed by atoms with E-state index < -0.39 is 0 Å². The lowest BCUT2D eigenvalue weighted by atomic mass is 9.48. The molecule has 0 radical (unpaired) electrons. The molecule has 4 rings (SSSR count). The van der Waals surface area contributed by atoms with Crippen LogP contribution < -0.4 is 0 Å². The van der Waals surface area contributed by atoms with Crippen molar-refractivity contribution in [3.05, 3.63) is 11.6 Å². The van der Waals surface area contributed by atoms with Crippen molar-refractivity contribution < 1.29 is 5.11 Å². The van der Waals surface area contributed by atoms with Crippen molar-refractivity contribution in [2.75, 3.05) is 0 Å². The second kappa shape index (κ2) is 6.04. The number of hydrogen-bond acceptors (Lipinski definition) is 3. The zero-order chi connectivity index (χ0) is 17.8. The second-order valence-electron chi connectivity index (χ2n) is 9.74. The minimum absolute atomic E-state index is 0.106. The topological polar surface area (TPSA) is 45.0 Å². The second-order valence-corrected chi connectivity index (χ2v) is 9.74. The minimum atomic E-state index is -0.106.